The number of phenolic OH excluding ortho intramolecular Hbond substituents is 1. The molecular weight excluding hydrogens is 537 g/mol. The molecule has 3 heterocycles. The Bertz CT molecular complexity index is 1530. The molecule has 2 aromatic heterocycles. The van der Waals surface area contributed by atoms with E-state index in [2.05, 4.69) is 21.7 Å². The number of aryl methyl sites for hydroxylation is 1. The van der Waals surface area contributed by atoms with Crippen LogP contribution in [0.3, 0.4) is 0 Å². The average molecular weight is 564 g/mol. The summed E-state index contributed by atoms with van der Waals surface area (Å²) in [6.07, 6.45) is 1.90. The molecule has 0 saturated carbocycles. The zero-order chi connectivity index (χ0) is 27.7. The summed E-state index contributed by atoms with van der Waals surface area (Å²) in [5, 5.41) is 17.9. The molecule has 200 valence electrons. The van der Waals surface area contributed by atoms with Crippen molar-refractivity contribution in [1.29, 1.82) is 0 Å². The molecule has 1 amide bonds. The first-order valence-corrected chi connectivity index (χ1v) is 13.2. The maximum atomic E-state index is 13.2. The van der Waals surface area contributed by atoms with Crippen molar-refractivity contribution in [1.82, 2.24) is 19.8 Å². The van der Waals surface area contributed by atoms with Crippen LogP contribution in [0.5, 0.6) is 5.75 Å². The number of thiocarbonyl (C=S) groups is 1. The Balaban J connectivity index is 1.48. The van der Waals surface area contributed by atoms with Crippen LogP contribution >= 0.6 is 23.8 Å². The molecule has 5 rings (SSSR count). The standard InChI is InChI=1S/C29H27ClFN5O2S/c1-17-15-22(18(2)36(17)24-16-19(30)6-11-25(24)37)28-27(23-5-3-4-13-32-23)34-29(39)35(28)14-12-26(38)33-21-9-7-20(31)8-10-21/h3-11,13,15-16,27-28,37H,12,14H2,1-2H3,(H,33,38)(H,34,39)/t27-,28+/m0/s1. The zero-order valence-corrected chi connectivity index (χ0v) is 22.9. The van der Waals surface area contributed by atoms with Crippen LogP contribution in [-0.4, -0.2) is 37.1 Å². The van der Waals surface area contributed by atoms with Crippen LogP contribution in [0.1, 0.15) is 41.1 Å². The van der Waals surface area contributed by atoms with E-state index in [0.717, 1.165) is 22.6 Å². The molecule has 0 aliphatic carbocycles. The van der Waals surface area contributed by atoms with E-state index in [1.54, 1.807) is 24.4 Å². The SMILES string of the molecule is Cc1cc([C@@H]2[C@H](c3ccccn3)NC(=S)N2CCC(=O)Nc2ccc(F)cc2)c(C)n1-c1cc(Cl)ccc1O. The Morgan fingerprint density at radius 2 is 1.92 bits per heavy atom. The fourth-order valence-corrected chi connectivity index (χ4v) is 5.60. The van der Waals surface area contributed by atoms with Crippen LogP contribution < -0.4 is 10.6 Å². The Labute approximate surface area is 236 Å². The van der Waals surface area contributed by atoms with Gasteiger partial charge in [-0.05, 0) is 92.3 Å². The van der Waals surface area contributed by atoms with E-state index in [9.17, 15) is 14.3 Å². The summed E-state index contributed by atoms with van der Waals surface area (Å²) in [5.74, 6) is -0.462. The predicted molar refractivity (Wildman–Crippen MR) is 154 cm³/mol. The minimum Gasteiger partial charge on any atom is -0.506 e. The number of phenols is 1. The van der Waals surface area contributed by atoms with Crippen LogP contribution in [0.15, 0.2) is 72.9 Å². The lowest BCUT2D eigenvalue weighted by molar-refractivity contribution is -0.116. The van der Waals surface area contributed by atoms with E-state index in [0.29, 0.717) is 28.1 Å². The zero-order valence-electron chi connectivity index (χ0n) is 21.4. The third kappa shape index (κ3) is 5.46. The lowest BCUT2D eigenvalue weighted by atomic mass is 9.96. The molecule has 0 unspecified atom stereocenters. The third-order valence-corrected chi connectivity index (χ3v) is 7.46. The molecule has 39 heavy (non-hydrogen) atoms. The van der Waals surface area contributed by atoms with Crippen LogP contribution in [0.4, 0.5) is 10.1 Å². The molecule has 0 radical (unpaired) electrons. The molecule has 2 aromatic carbocycles. The number of nitrogens with zero attached hydrogens (tertiary/aromatic N) is 3. The van der Waals surface area contributed by atoms with Gasteiger partial charge in [-0.25, -0.2) is 4.39 Å². The number of benzene rings is 2. The van der Waals surface area contributed by atoms with Crippen molar-refractivity contribution in [2.45, 2.75) is 32.4 Å². The first-order chi connectivity index (χ1) is 18.7. The van der Waals surface area contributed by atoms with Gasteiger partial charge in [-0.1, -0.05) is 17.7 Å². The number of halogens is 2. The highest BCUT2D eigenvalue weighted by molar-refractivity contribution is 7.80. The van der Waals surface area contributed by atoms with Crippen LogP contribution in [0.2, 0.25) is 5.02 Å². The van der Waals surface area contributed by atoms with Gasteiger partial charge in [0, 0.05) is 41.3 Å². The number of amides is 1. The van der Waals surface area contributed by atoms with Crippen LogP contribution in [0, 0.1) is 19.7 Å². The molecule has 4 aromatic rings. The Morgan fingerprint density at radius 1 is 1.15 bits per heavy atom. The number of anilines is 1. The summed E-state index contributed by atoms with van der Waals surface area (Å²) in [6.45, 7) is 4.30. The number of nitrogens with one attached hydrogen (secondary N) is 2. The minimum absolute atomic E-state index is 0.114. The average Bonchev–Trinajstić information content (AvgIpc) is 3.40. The molecule has 0 spiro atoms. The second kappa shape index (κ2) is 11.0. The van der Waals surface area contributed by atoms with Gasteiger partial charge in [0.05, 0.1) is 23.5 Å². The number of hydrogen-bond donors (Lipinski definition) is 3. The van der Waals surface area contributed by atoms with Crippen molar-refractivity contribution in [2.24, 2.45) is 0 Å². The Kier molecular flexibility index (Phi) is 7.54. The van der Waals surface area contributed by atoms with E-state index in [4.69, 9.17) is 23.8 Å². The Hall–Kier alpha value is -3.95. The summed E-state index contributed by atoms with van der Waals surface area (Å²) in [5.41, 5.74) is 4.72. The van der Waals surface area contributed by atoms with Gasteiger partial charge < -0.3 is 25.2 Å². The number of pyridine rings is 1. The molecule has 1 fully saturated rings. The second-order valence-corrected chi connectivity index (χ2v) is 10.2. The van der Waals surface area contributed by atoms with E-state index in [-0.39, 0.29) is 36.0 Å². The third-order valence-electron chi connectivity index (χ3n) is 6.87. The topological polar surface area (TPSA) is 82.4 Å². The van der Waals surface area contributed by atoms with Gasteiger partial charge in [0.25, 0.3) is 0 Å². The van der Waals surface area contributed by atoms with Crippen LogP contribution in [-0.2, 0) is 4.79 Å². The Morgan fingerprint density at radius 3 is 2.64 bits per heavy atom. The maximum absolute atomic E-state index is 13.2. The largest absolute Gasteiger partial charge is 0.506 e. The van der Waals surface area contributed by atoms with Crippen molar-refractivity contribution >= 4 is 40.5 Å². The first kappa shape index (κ1) is 26.6. The summed E-state index contributed by atoms with van der Waals surface area (Å²) < 4.78 is 15.2. The highest BCUT2D eigenvalue weighted by atomic mass is 35.5. The summed E-state index contributed by atoms with van der Waals surface area (Å²) in [4.78, 5) is 19.4. The molecule has 1 saturated heterocycles. The summed E-state index contributed by atoms with van der Waals surface area (Å²) >= 11 is 12.0. The fourth-order valence-electron chi connectivity index (χ4n) is 5.10. The number of aromatic hydroxyl groups is 1. The molecule has 1 aliphatic heterocycles. The molecule has 3 N–H and O–H groups in total. The van der Waals surface area contributed by atoms with Gasteiger partial charge in [0.15, 0.2) is 5.11 Å². The number of carbonyl (C=O) groups is 1. The van der Waals surface area contributed by atoms with E-state index < -0.39 is 0 Å². The smallest absolute Gasteiger partial charge is 0.226 e. The lowest BCUT2D eigenvalue weighted by Crippen LogP contribution is -2.32. The quantitative estimate of drug-likeness (QED) is 0.240. The van der Waals surface area contributed by atoms with Gasteiger partial charge in [-0.15, -0.1) is 0 Å². The van der Waals surface area contributed by atoms with E-state index in [1.165, 1.54) is 24.3 Å². The minimum atomic E-state index is -0.367. The molecule has 7 nitrogen and oxygen atoms in total. The molecule has 1 aliphatic rings. The second-order valence-electron chi connectivity index (χ2n) is 9.42. The summed E-state index contributed by atoms with van der Waals surface area (Å²) in [7, 11) is 0. The van der Waals surface area contributed by atoms with Gasteiger partial charge in [0.2, 0.25) is 5.91 Å². The van der Waals surface area contributed by atoms with Crippen molar-refractivity contribution in [3.05, 3.63) is 106 Å². The fraction of sp³-hybridized carbons (Fsp3) is 0.207. The van der Waals surface area contributed by atoms with Crippen molar-refractivity contribution < 1.29 is 14.3 Å². The number of hydrogen-bond acceptors (Lipinski definition) is 4. The maximum Gasteiger partial charge on any atom is 0.226 e. The predicted octanol–water partition coefficient (Wildman–Crippen LogP) is 5.99. The van der Waals surface area contributed by atoms with E-state index in [1.807, 2.05) is 41.5 Å². The highest BCUT2D eigenvalue weighted by Crippen LogP contribution is 2.42. The monoisotopic (exact) mass is 563 g/mol. The van der Waals surface area contributed by atoms with Crippen LogP contribution in [0.25, 0.3) is 5.69 Å². The normalized spacial score (nSPS) is 16.8. The number of carbonyl (C=O) groups excluding carboxylic acids is 1. The van der Waals surface area contributed by atoms with Crippen molar-refractivity contribution in [2.75, 3.05) is 11.9 Å². The number of aromatic nitrogens is 2. The van der Waals surface area contributed by atoms with Gasteiger partial charge in [-0.3, -0.25) is 9.78 Å². The lowest BCUT2D eigenvalue weighted by Gasteiger charge is -2.28. The van der Waals surface area contributed by atoms with Crippen molar-refractivity contribution in [3.63, 3.8) is 0 Å². The van der Waals surface area contributed by atoms with E-state index >= 15 is 0 Å². The summed E-state index contributed by atoms with van der Waals surface area (Å²) in [6, 6.07) is 17.9. The van der Waals surface area contributed by atoms with Gasteiger partial charge >= 0.3 is 0 Å². The number of rotatable bonds is 7. The molecule has 0 bridgehead atoms. The van der Waals surface area contributed by atoms with Crippen molar-refractivity contribution in [3.8, 4) is 11.4 Å². The molecule has 10 heteroatoms. The van der Waals surface area contributed by atoms with Gasteiger partial charge in [0.1, 0.15) is 11.6 Å². The van der Waals surface area contributed by atoms with Gasteiger partial charge in [-0.2, -0.15) is 0 Å². The molecule has 2 atom stereocenters. The highest BCUT2D eigenvalue weighted by Gasteiger charge is 2.41. The first-order valence-electron chi connectivity index (χ1n) is 12.4. The molecular formula is C29H27ClFN5O2S.